The summed E-state index contributed by atoms with van der Waals surface area (Å²) in [5.74, 6) is -1.43. The third kappa shape index (κ3) is 2.53. The fourth-order valence-electron chi connectivity index (χ4n) is 3.52. The molecule has 0 spiro atoms. The molecular weight excluding hydrogens is 262 g/mol. The quantitative estimate of drug-likeness (QED) is 0.827. The van der Waals surface area contributed by atoms with E-state index in [1.165, 1.54) is 0 Å². The molecule has 2 atom stereocenters. The Morgan fingerprint density at radius 1 is 1.25 bits per heavy atom. The van der Waals surface area contributed by atoms with Crippen LogP contribution in [0.5, 0.6) is 5.75 Å². The summed E-state index contributed by atoms with van der Waals surface area (Å²) in [5.41, 5.74) is 0.995. The van der Waals surface area contributed by atoms with E-state index < -0.39 is 5.92 Å². The minimum atomic E-state index is -2.46. The van der Waals surface area contributed by atoms with Gasteiger partial charge in [0.25, 0.3) is 0 Å². The maximum atomic E-state index is 13.2. The number of hydrogen-bond donors (Lipinski definition) is 0. The summed E-state index contributed by atoms with van der Waals surface area (Å²) in [6.45, 7) is 0.697. The summed E-state index contributed by atoms with van der Waals surface area (Å²) in [5, 5.41) is 0. The van der Waals surface area contributed by atoms with E-state index in [2.05, 4.69) is 0 Å². The van der Waals surface area contributed by atoms with Crippen LogP contribution < -0.4 is 4.74 Å². The number of alkyl halides is 2. The summed E-state index contributed by atoms with van der Waals surface area (Å²) in [6, 6.07) is 7.75. The van der Waals surface area contributed by atoms with Gasteiger partial charge in [-0.25, -0.2) is 8.78 Å². The van der Waals surface area contributed by atoms with Crippen LogP contribution in [-0.4, -0.2) is 19.6 Å². The Kier molecular flexibility index (Phi) is 3.67. The lowest BCUT2D eigenvalue weighted by molar-refractivity contribution is -0.157. The number of halogens is 2. The molecule has 2 fully saturated rings. The van der Waals surface area contributed by atoms with Crippen LogP contribution in [0.15, 0.2) is 24.3 Å². The van der Waals surface area contributed by atoms with Crippen LogP contribution in [-0.2, 0) is 4.74 Å². The predicted octanol–water partition coefficient (Wildman–Crippen LogP) is 4.21. The molecule has 0 bridgehead atoms. The third-order valence-electron chi connectivity index (χ3n) is 4.54. The van der Waals surface area contributed by atoms with Gasteiger partial charge in [-0.3, -0.25) is 0 Å². The van der Waals surface area contributed by atoms with Gasteiger partial charge in [0.15, 0.2) is 0 Å². The normalized spacial score (nSPS) is 29.8. The Labute approximate surface area is 118 Å². The van der Waals surface area contributed by atoms with Crippen molar-refractivity contribution in [3.63, 3.8) is 0 Å². The molecule has 0 radical (unpaired) electrons. The fourth-order valence-corrected chi connectivity index (χ4v) is 3.52. The van der Waals surface area contributed by atoms with Gasteiger partial charge in [0.1, 0.15) is 5.75 Å². The van der Waals surface area contributed by atoms with Crippen LogP contribution in [0.3, 0.4) is 0 Å². The van der Waals surface area contributed by atoms with Crippen LogP contribution in [0.1, 0.15) is 37.4 Å². The molecule has 110 valence electrons. The SMILES string of the molecule is COc1ccccc1C1OCCCC1C1CC(F)(F)C1. The molecule has 1 heterocycles. The summed E-state index contributed by atoms with van der Waals surface area (Å²) in [4.78, 5) is 0. The van der Waals surface area contributed by atoms with Crippen molar-refractivity contribution in [2.45, 2.75) is 37.7 Å². The van der Waals surface area contributed by atoms with E-state index in [-0.39, 0.29) is 30.8 Å². The number of rotatable bonds is 3. The van der Waals surface area contributed by atoms with Crippen LogP contribution in [0.25, 0.3) is 0 Å². The molecule has 2 nitrogen and oxygen atoms in total. The van der Waals surface area contributed by atoms with Crippen LogP contribution in [0.4, 0.5) is 8.78 Å². The summed E-state index contributed by atoms with van der Waals surface area (Å²) in [6.07, 6.45) is 1.82. The molecule has 2 unspecified atom stereocenters. The molecule has 0 amide bonds. The van der Waals surface area contributed by atoms with Crippen molar-refractivity contribution in [2.24, 2.45) is 11.8 Å². The lowest BCUT2D eigenvalue weighted by Gasteiger charge is -2.45. The summed E-state index contributed by atoms with van der Waals surface area (Å²) in [7, 11) is 1.63. The number of hydrogen-bond acceptors (Lipinski definition) is 2. The highest BCUT2D eigenvalue weighted by molar-refractivity contribution is 5.36. The van der Waals surface area contributed by atoms with Crippen LogP contribution in [0.2, 0.25) is 0 Å². The van der Waals surface area contributed by atoms with Gasteiger partial charge in [0, 0.05) is 25.0 Å². The number of methoxy groups -OCH3 is 1. The Bertz CT molecular complexity index is 467. The van der Waals surface area contributed by atoms with Gasteiger partial charge in [-0.15, -0.1) is 0 Å². The highest BCUT2D eigenvalue weighted by Crippen LogP contribution is 2.53. The average Bonchev–Trinajstić information content (AvgIpc) is 2.44. The molecule has 0 N–H and O–H groups in total. The van der Waals surface area contributed by atoms with Gasteiger partial charge < -0.3 is 9.47 Å². The number of para-hydroxylation sites is 1. The van der Waals surface area contributed by atoms with E-state index in [0.717, 1.165) is 24.2 Å². The van der Waals surface area contributed by atoms with Gasteiger partial charge in [0.2, 0.25) is 5.92 Å². The molecule has 1 aromatic rings. The van der Waals surface area contributed by atoms with Crippen molar-refractivity contribution < 1.29 is 18.3 Å². The van der Waals surface area contributed by atoms with Crippen molar-refractivity contribution in [1.82, 2.24) is 0 Å². The smallest absolute Gasteiger partial charge is 0.248 e. The average molecular weight is 282 g/mol. The largest absolute Gasteiger partial charge is 0.496 e. The molecule has 20 heavy (non-hydrogen) atoms. The fraction of sp³-hybridized carbons (Fsp3) is 0.625. The van der Waals surface area contributed by atoms with E-state index in [1.807, 2.05) is 24.3 Å². The maximum Gasteiger partial charge on any atom is 0.248 e. The van der Waals surface area contributed by atoms with Gasteiger partial charge in [-0.1, -0.05) is 18.2 Å². The molecule has 1 saturated heterocycles. The second-order valence-electron chi connectivity index (χ2n) is 5.86. The van der Waals surface area contributed by atoms with E-state index in [9.17, 15) is 8.78 Å². The Balaban J connectivity index is 1.82. The van der Waals surface area contributed by atoms with Crippen LogP contribution >= 0.6 is 0 Å². The minimum Gasteiger partial charge on any atom is -0.496 e. The number of benzene rings is 1. The first-order chi connectivity index (χ1) is 9.61. The highest BCUT2D eigenvalue weighted by atomic mass is 19.3. The molecule has 4 heteroatoms. The van der Waals surface area contributed by atoms with Crippen LogP contribution in [0, 0.1) is 11.8 Å². The Morgan fingerprint density at radius 2 is 2.00 bits per heavy atom. The first-order valence-corrected chi connectivity index (χ1v) is 7.23. The molecule has 1 saturated carbocycles. The molecular formula is C16H20F2O2. The zero-order chi connectivity index (χ0) is 14.2. The topological polar surface area (TPSA) is 18.5 Å². The van der Waals surface area contributed by atoms with Crippen molar-refractivity contribution >= 4 is 0 Å². The lowest BCUT2D eigenvalue weighted by Crippen LogP contribution is -2.43. The van der Waals surface area contributed by atoms with Gasteiger partial charge in [0.05, 0.1) is 13.2 Å². The first-order valence-electron chi connectivity index (χ1n) is 7.23. The number of ether oxygens (including phenoxy) is 2. The van der Waals surface area contributed by atoms with Crippen molar-refractivity contribution in [1.29, 1.82) is 0 Å². The Hall–Kier alpha value is -1.16. The molecule has 1 aliphatic heterocycles. The Morgan fingerprint density at radius 3 is 2.70 bits per heavy atom. The zero-order valence-electron chi connectivity index (χ0n) is 11.6. The molecule has 1 aromatic carbocycles. The molecule has 2 aliphatic rings. The van der Waals surface area contributed by atoms with Crippen molar-refractivity contribution in [2.75, 3.05) is 13.7 Å². The van der Waals surface area contributed by atoms with Crippen molar-refractivity contribution in [3.8, 4) is 5.75 Å². The van der Waals surface area contributed by atoms with E-state index >= 15 is 0 Å². The van der Waals surface area contributed by atoms with E-state index in [1.54, 1.807) is 7.11 Å². The van der Waals surface area contributed by atoms with E-state index in [0.29, 0.717) is 6.61 Å². The second kappa shape index (κ2) is 5.32. The van der Waals surface area contributed by atoms with Gasteiger partial charge >= 0.3 is 0 Å². The molecule has 3 rings (SSSR count). The van der Waals surface area contributed by atoms with Gasteiger partial charge in [-0.05, 0) is 30.7 Å². The monoisotopic (exact) mass is 282 g/mol. The highest BCUT2D eigenvalue weighted by Gasteiger charge is 2.51. The second-order valence-corrected chi connectivity index (χ2v) is 5.86. The summed E-state index contributed by atoms with van der Waals surface area (Å²) >= 11 is 0. The maximum absolute atomic E-state index is 13.2. The van der Waals surface area contributed by atoms with Gasteiger partial charge in [-0.2, -0.15) is 0 Å². The molecule has 0 aromatic heterocycles. The zero-order valence-corrected chi connectivity index (χ0v) is 11.6. The van der Waals surface area contributed by atoms with E-state index in [4.69, 9.17) is 9.47 Å². The summed E-state index contributed by atoms with van der Waals surface area (Å²) < 4.78 is 37.6. The third-order valence-corrected chi connectivity index (χ3v) is 4.54. The minimum absolute atomic E-state index is 0.00662. The first kappa shape index (κ1) is 13.8. The van der Waals surface area contributed by atoms with Crippen molar-refractivity contribution in [3.05, 3.63) is 29.8 Å². The lowest BCUT2D eigenvalue weighted by atomic mass is 9.68. The molecule has 1 aliphatic carbocycles. The standard InChI is InChI=1S/C16H20F2O2/c1-19-14-7-3-2-5-13(14)15-12(6-4-8-20-15)11-9-16(17,18)10-11/h2-3,5,7,11-12,15H,4,6,8-10H2,1H3. The predicted molar refractivity (Wildman–Crippen MR) is 72.1 cm³/mol.